The summed E-state index contributed by atoms with van der Waals surface area (Å²) in [4.78, 5) is 24.3. The van der Waals surface area contributed by atoms with Gasteiger partial charge in [0, 0.05) is 16.8 Å². The van der Waals surface area contributed by atoms with Crippen molar-refractivity contribution in [3.8, 4) is 0 Å². The Morgan fingerprint density at radius 1 is 1.45 bits per heavy atom. The van der Waals surface area contributed by atoms with E-state index in [4.69, 9.17) is 5.73 Å². The van der Waals surface area contributed by atoms with Gasteiger partial charge in [-0.25, -0.2) is 9.97 Å². The predicted octanol–water partition coefficient (Wildman–Crippen LogP) is 1.88. The standard InChI is InChI=1S/C13H13N5OS/c1-7-15-5-9(20-7)6-16-13-17-11-3-2-8(14)4-10(11)12(19)18-13/h2-5H,6,14H2,1H3,(H2,16,17,18,19). The van der Waals surface area contributed by atoms with Crippen molar-refractivity contribution in [2.45, 2.75) is 13.5 Å². The summed E-state index contributed by atoms with van der Waals surface area (Å²) in [5.74, 6) is 0.443. The maximum Gasteiger partial charge on any atom is 0.260 e. The minimum absolute atomic E-state index is 0.203. The third-order valence-corrected chi connectivity index (χ3v) is 3.74. The molecule has 0 aliphatic rings. The number of nitrogens with two attached hydrogens (primary N) is 1. The number of aromatic amines is 1. The Hall–Kier alpha value is -2.41. The van der Waals surface area contributed by atoms with Crippen molar-refractivity contribution in [2.24, 2.45) is 0 Å². The summed E-state index contributed by atoms with van der Waals surface area (Å²) in [6, 6.07) is 5.09. The van der Waals surface area contributed by atoms with Gasteiger partial charge in [0.05, 0.1) is 22.5 Å². The van der Waals surface area contributed by atoms with Gasteiger partial charge in [-0.3, -0.25) is 9.78 Å². The molecular formula is C13H13N5OS. The predicted molar refractivity (Wildman–Crippen MR) is 81.0 cm³/mol. The Bertz CT molecular complexity index is 823. The van der Waals surface area contributed by atoms with Gasteiger partial charge >= 0.3 is 0 Å². The van der Waals surface area contributed by atoms with E-state index in [9.17, 15) is 4.79 Å². The maximum absolute atomic E-state index is 12.0. The highest BCUT2D eigenvalue weighted by molar-refractivity contribution is 7.11. The van der Waals surface area contributed by atoms with E-state index in [0.29, 0.717) is 29.1 Å². The fraction of sp³-hybridized carbons (Fsp3) is 0.154. The molecule has 0 aliphatic heterocycles. The summed E-state index contributed by atoms with van der Waals surface area (Å²) < 4.78 is 0. The van der Waals surface area contributed by atoms with Crippen LogP contribution in [0.25, 0.3) is 10.9 Å². The van der Waals surface area contributed by atoms with Crippen molar-refractivity contribution < 1.29 is 0 Å². The third-order valence-electron chi connectivity index (χ3n) is 2.83. The highest BCUT2D eigenvalue weighted by Gasteiger charge is 2.05. The van der Waals surface area contributed by atoms with Crippen molar-refractivity contribution in [3.05, 3.63) is 44.6 Å². The van der Waals surface area contributed by atoms with Crippen molar-refractivity contribution in [1.82, 2.24) is 15.0 Å². The molecule has 3 rings (SSSR count). The first-order chi connectivity index (χ1) is 9.61. The van der Waals surface area contributed by atoms with Crippen LogP contribution in [0.5, 0.6) is 0 Å². The molecule has 20 heavy (non-hydrogen) atoms. The molecule has 0 saturated heterocycles. The number of hydrogen-bond acceptors (Lipinski definition) is 6. The number of hydrogen-bond donors (Lipinski definition) is 3. The highest BCUT2D eigenvalue weighted by Crippen LogP contribution is 2.15. The van der Waals surface area contributed by atoms with E-state index in [2.05, 4.69) is 20.3 Å². The lowest BCUT2D eigenvalue weighted by Crippen LogP contribution is -2.13. The molecule has 0 saturated carbocycles. The Balaban J connectivity index is 1.89. The number of nitrogens with zero attached hydrogens (tertiary/aromatic N) is 2. The van der Waals surface area contributed by atoms with E-state index in [-0.39, 0.29) is 5.56 Å². The molecule has 3 aromatic rings. The lowest BCUT2D eigenvalue weighted by atomic mass is 10.2. The van der Waals surface area contributed by atoms with E-state index in [0.717, 1.165) is 9.88 Å². The molecule has 0 amide bonds. The molecule has 2 aromatic heterocycles. The third kappa shape index (κ3) is 2.48. The zero-order chi connectivity index (χ0) is 14.1. The van der Waals surface area contributed by atoms with Crippen LogP contribution in [0.4, 0.5) is 11.6 Å². The Labute approximate surface area is 118 Å². The van der Waals surface area contributed by atoms with Crippen LogP contribution in [0.3, 0.4) is 0 Å². The number of anilines is 2. The SMILES string of the molecule is Cc1ncc(CNc2nc3ccc(N)cc3c(=O)[nH]2)s1. The highest BCUT2D eigenvalue weighted by atomic mass is 32.1. The quantitative estimate of drug-likeness (QED) is 0.639. The topological polar surface area (TPSA) is 96.7 Å². The molecule has 0 unspecified atom stereocenters. The Morgan fingerprint density at radius 3 is 3.05 bits per heavy atom. The van der Waals surface area contributed by atoms with Crippen LogP contribution in [0, 0.1) is 6.92 Å². The van der Waals surface area contributed by atoms with Crippen LogP contribution in [0.1, 0.15) is 9.88 Å². The van der Waals surface area contributed by atoms with Gasteiger partial charge in [0.25, 0.3) is 5.56 Å². The van der Waals surface area contributed by atoms with Gasteiger partial charge in [0.1, 0.15) is 0 Å². The van der Waals surface area contributed by atoms with Crippen LogP contribution >= 0.6 is 11.3 Å². The van der Waals surface area contributed by atoms with Gasteiger partial charge in [-0.1, -0.05) is 0 Å². The number of benzene rings is 1. The normalized spacial score (nSPS) is 10.8. The second kappa shape index (κ2) is 4.93. The first kappa shape index (κ1) is 12.6. The van der Waals surface area contributed by atoms with Crippen molar-refractivity contribution in [3.63, 3.8) is 0 Å². The van der Waals surface area contributed by atoms with Crippen molar-refractivity contribution >= 4 is 33.9 Å². The molecule has 0 aliphatic carbocycles. The fourth-order valence-corrected chi connectivity index (χ4v) is 2.63. The number of rotatable bonds is 3. The fourth-order valence-electron chi connectivity index (χ4n) is 1.90. The van der Waals surface area contributed by atoms with Gasteiger partial charge in [-0.05, 0) is 25.1 Å². The first-order valence-corrected chi connectivity index (χ1v) is 6.88. The number of thiazole rings is 1. The van der Waals surface area contributed by atoms with Gasteiger partial charge in [-0.15, -0.1) is 11.3 Å². The summed E-state index contributed by atoms with van der Waals surface area (Å²) in [6.45, 7) is 2.53. The van der Waals surface area contributed by atoms with Gasteiger partial charge in [0.15, 0.2) is 0 Å². The lowest BCUT2D eigenvalue weighted by Gasteiger charge is -2.05. The number of nitrogens with one attached hydrogen (secondary N) is 2. The van der Waals surface area contributed by atoms with Gasteiger partial charge in [0.2, 0.25) is 5.95 Å². The van der Waals surface area contributed by atoms with Gasteiger partial charge in [-0.2, -0.15) is 0 Å². The molecule has 0 spiro atoms. The van der Waals surface area contributed by atoms with Gasteiger partial charge < -0.3 is 11.1 Å². The minimum atomic E-state index is -0.203. The van der Waals surface area contributed by atoms with Crippen LogP contribution in [0.2, 0.25) is 0 Å². The summed E-state index contributed by atoms with van der Waals surface area (Å²) >= 11 is 1.61. The lowest BCUT2D eigenvalue weighted by molar-refractivity contribution is 1.07. The van der Waals surface area contributed by atoms with Crippen LogP contribution in [0.15, 0.2) is 29.2 Å². The largest absolute Gasteiger partial charge is 0.399 e. The molecule has 4 N–H and O–H groups in total. The van der Waals surface area contributed by atoms with Crippen LogP contribution in [-0.4, -0.2) is 15.0 Å². The zero-order valence-corrected chi connectivity index (χ0v) is 11.6. The van der Waals surface area contributed by atoms with E-state index in [1.54, 1.807) is 29.5 Å². The molecule has 2 heterocycles. The van der Waals surface area contributed by atoms with E-state index in [1.165, 1.54) is 0 Å². The summed E-state index contributed by atoms with van der Waals surface area (Å²) in [7, 11) is 0. The smallest absolute Gasteiger partial charge is 0.260 e. The summed E-state index contributed by atoms with van der Waals surface area (Å²) in [6.07, 6.45) is 1.81. The van der Waals surface area contributed by atoms with E-state index >= 15 is 0 Å². The number of H-pyrrole nitrogens is 1. The summed E-state index contributed by atoms with van der Waals surface area (Å²) in [5.41, 5.74) is 6.63. The second-order valence-corrected chi connectivity index (χ2v) is 5.71. The van der Waals surface area contributed by atoms with Crippen LogP contribution < -0.4 is 16.6 Å². The van der Waals surface area contributed by atoms with Crippen molar-refractivity contribution in [1.29, 1.82) is 0 Å². The minimum Gasteiger partial charge on any atom is -0.399 e. The number of aromatic nitrogens is 3. The Morgan fingerprint density at radius 2 is 2.30 bits per heavy atom. The molecule has 0 radical (unpaired) electrons. The van der Waals surface area contributed by atoms with Crippen LogP contribution in [-0.2, 0) is 6.54 Å². The summed E-state index contributed by atoms with van der Waals surface area (Å²) in [5, 5.41) is 4.60. The molecule has 7 heteroatoms. The second-order valence-electron chi connectivity index (χ2n) is 4.39. The molecule has 102 valence electrons. The number of nitrogen functional groups attached to an aromatic ring is 1. The molecule has 0 fully saturated rings. The molecule has 6 nitrogen and oxygen atoms in total. The molecule has 1 aromatic carbocycles. The first-order valence-electron chi connectivity index (χ1n) is 6.06. The Kier molecular flexibility index (Phi) is 3.11. The van der Waals surface area contributed by atoms with E-state index < -0.39 is 0 Å². The monoisotopic (exact) mass is 287 g/mol. The molecule has 0 bridgehead atoms. The molecule has 0 atom stereocenters. The average Bonchev–Trinajstić information content (AvgIpc) is 2.83. The average molecular weight is 287 g/mol. The maximum atomic E-state index is 12.0. The number of fused-ring (bicyclic) bond motifs is 1. The zero-order valence-electron chi connectivity index (χ0n) is 10.8. The van der Waals surface area contributed by atoms with E-state index in [1.807, 2.05) is 13.1 Å². The number of aryl methyl sites for hydroxylation is 1. The molecular weight excluding hydrogens is 274 g/mol. The van der Waals surface area contributed by atoms with Crippen molar-refractivity contribution in [2.75, 3.05) is 11.1 Å².